The van der Waals surface area contributed by atoms with Crippen LogP contribution in [0.25, 0.3) is 0 Å². The largest absolute Gasteiger partial charge is 0.488 e. The van der Waals surface area contributed by atoms with Crippen molar-refractivity contribution >= 4 is 11.8 Å². The molecule has 0 aliphatic rings. The Kier molecular flexibility index (Phi) is 5.10. The zero-order valence-corrected chi connectivity index (χ0v) is 11.9. The molecule has 0 heterocycles. The fourth-order valence-corrected chi connectivity index (χ4v) is 1.53. The number of hydrogen-bond acceptors (Lipinski definition) is 4. The Hall–Kier alpha value is -1.84. The number of rotatable bonds is 5. The molecule has 1 aromatic carbocycles. The van der Waals surface area contributed by atoms with Crippen molar-refractivity contribution in [2.75, 3.05) is 6.61 Å². The van der Waals surface area contributed by atoms with Gasteiger partial charge in [-0.25, -0.2) is 0 Å². The van der Waals surface area contributed by atoms with Crippen LogP contribution in [0.2, 0.25) is 0 Å². The number of hydrogen-bond donors (Lipinski definition) is 0. The third-order valence-electron chi connectivity index (χ3n) is 2.19. The molecule has 104 valence electrons. The maximum atomic E-state index is 11.9. The van der Waals surface area contributed by atoms with Gasteiger partial charge in [-0.05, 0) is 39.8 Å². The van der Waals surface area contributed by atoms with Crippen molar-refractivity contribution in [1.29, 1.82) is 0 Å². The quantitative estimate of drug-likeness (QED) is 0.466. The van der Waals surface area contributed by atoms with Gasteiger partial charge in [-0.2, -0.15) is 0 Å². The Bertz CT molecular complexity index is 457. The molecule has 0 aliphatic heterocycles. The molecule has 4 nitrogen and oxygen atoms in total. The lowest BCUT2D eigenvalue weighted by atomic mass is 10.1. The predicted octanol–water partition coefficient (Wildman–Crippen LogP) is 3.00. The van der Waals surface area contributed by atoms with Crippen LogP contribution in [0.3, 0.4) is 0 Å². The fraction of sp³-hybridized carbons (Fsp3) is 0.467. The normalized spacial score (nSPS) is 10.9. The maximum Gasteiger partial charge on any atom is 0.313 e. The van der Waals surface area contributed by atoms with E-state index in [0.29, 0.717) is 11.3 Å². The number of ketones is 1. The molecule has 0 radical (unpaired) electrons. The van der Waals surface area contributed by atoms with Gasteiger partial charge in [0.1, 0.15) is 17.8 Å². The highest BCUT2D eigenvalue weighted by atomic mass is 16.5. The summed E-state index contributed by atoms with van der Waals surface area (Å²) in [7, 11) is 0. The molecule has 0 saturated heterocycles. The summed E-state index contributed by atoms with van der Waals surface area (Å²) in [4.78, 5) is 23.2. The standard InChI is InChI=1S/C15H20O4/c1-5-18-14(17)10-13(16)11-7-6-8-12(9-11)19-15(2,3)4/h6-9H,5,10H2,1-4H3. The Morgan fingerprint density at radius 2 is 1.89 bits per heavy atom. The van der Waals surface area contributed by atoms with Crippen LogP contribution in [-0.4, -0.2) is 24.0 Å². The van der Waals surface area contributed by atoms with Crippen LogP contribution in [0.4, 0.5) is 0 Å². The first-order valence-electron chi connectivity index (χ1n) is 6.29. The van der Waals surface area contributed by atoms with E-state index in [2.05, 4.69) is 0 Å². The monoisotopic (exact) mass is 264 g/mol. The van der Waals surface area contributed by atoms with Crippen LogP contribution < -0.4 is 4.74 Å². The smallest absolute Gasteiger partial charge is 0.313 e. The summed E-state index contributed by atoms with van der Waals surface area (Å²) in [5.41, 5.74) is 0.123. The molecule has 19 heavy (non-hydrogen) atoms. The third-order valence-corrected chi connectivity index (χ3v) is 2.19. The van der Waals surface area contributed by atoms with E-state index < -0.39 is 5.97 Å². The Morgan fingerprint density at radius 3 is 2.47 bits per heavy atom. The number of benzene rings is 1. The van der Waals surface area contributed by atoms with Crippen molar-refractivity contribution in [3.63, 3.8) is 0 Å². The second-order valence-electron chi connectivity index (χ2n) is 5.15. The molecule has 0 fully saturated rings. The third kappa shape index (κ3) is 5.55. The van der Waals surface area contributed by atoms with Crippen molar-refractivity contribution in [1.82, 2.24) is 0 Å². The zero-order chi connectivity index (χ0) is 14.5. The van der Waals surface area contributed by atoms with Gasteiger partial charge in [0.05, 0.1) is 6.61 Å². The molecular weight excluding hydrogens is 244 g/mol. The summed E-state index contributed by atoms with van der Waals surface area (Å²) >= 11 is 0. The molecule has 0 aromatic heterocycles. The Labute approximate surface area is 113 Å². The number of carbonyl (C=O) groups is 2. The van der Waals surface area contributed by atoms with Crippen molar-refractivity contribution in [3.8, 4) is 5.75 Å². The molecule has 1 aromatic rings. The minimum absolute atomic E-state index is 0.243. The molecule has 0 spiro atoms. The number of carbonyl (C=O) groups excluding carboxylic acids is 2. The zero-order valence-electron chi connectivity index (χ0n) is 11.9. The second-order valence-corrected chi connectivity index (χ2v) is 5.15. The minimum Gasteiger partial charge on any atom is -0.488 e. The first kappa shape index (κ1) is 15.2. The summed E-state index contributed by atoms with van der Waals surface area (Å²) in [6, 6.07) is 6.83. The van der Waals surface area contributed by atoms with E-state index in [0.717, 1.165) is 0 Å². The molecule has 0 aliphatic carbocycles. The summed E-state index contributed by atoms with van der Waals surface area (Å²) in [5, 5.41) is 0. The summed E-state index contributed by atoms with van der Waals surface area (Å²) in [5.74, 6) is -0.158. The second kappa shape index (κ2) is 6.36. The molecular formula is C15H20O4. The van der Waals surface area contributed by atoms with Crippen LogP contribution >= 0.6 is 0 Å². The lowest BCUT2D eigenvalue weighted by Gasteiger charge is -2.21. The van der Waals surface area contributed by atoms with E-state index in [-0.39, 0.29) is 24.4 Å². The Balaban J connectivity index is 2.76. The van der Waals surface area contributed by atoms with Gasteiger partial charge in [0.2, 0.25) is 0 Å². The molecule has 4 heteroatoms. The lowest BCUT2D eigenvalue weighted by molar-refractivity contribution is -0.141. The topological polar surface area (TPSA) is 52.6 Å². The van der Waals surface area contributed by atoms with E-state index in [9.17, 15) is 9.59 Å². The van der Waals surface area contributed by atoms with Crippen LogP contribution in [0.15, 0.2) is 24.3 Å². The summed E-state index contributed by atoms with van der Waals surface area (Å²) in [6.07, 6.45) is -0.243. The number of esters is 1. The van der Waals surface area contributed by atoms with Gasteiger partial charge in [0, 0.05) is 5.56 Å². The van der Waals surface area contributed by atoms with Gasteiger partial charge >= 0.3 is 5.97 Å². The van der Waals surface area contributed by atoms with Crippen LogP contribution in [-0.2, 0) is 9.53 Å². The fourth-order valence-electron chi connectivity index (χ4n) is 1.53. The molecule has 0 unspecified atom stereocenters. The summed E-state index contributed by atoms with van der Waals surface area (Å²) in [6.45, 7) is 7.78. The predicted molar refractivity (Wildman–Crippen MR) is 72.4 cm³/mol. The van der Waals surface area contributed by atoms with Crippen molar-refractivity contribution < 1.29 is 19.1 Å². The molecule has 0 N–H and O–H groups in total. The van der Waals surface area contributed by atoms with E-state index >= 15 is 0 Å². The molecule has 0 atom stereocenters. The van der Waals surface area contributed by atoms with Gasteiger partial charge in [0.15, 0.2) is 5.78 Å². The molecule has 0 bridgehead atoms. The van der Waals surface area contributed by atoms with Crippen molar-refractivity contribution in [2.24, 2.45) is 0 Å². The van der Waals surface area contributed by atoms with Crippen molar-refractivity contribution in [3.05, 3.63) is 29.8 Å². The van der Waals surface area contributed by atoms with Gasteiger partial charge in [-0.15, -0.1) is 0 Å². The lowest BCUT2D eigenvalue weighted by Crippen LogP contribution is -2.23. The van der Waals surface area contributed by atoms with E-state index in [1.54, 1.807) is 31.2 Å². The van der Waals surface area contributed by atoms with Gasteiger partial charge < -0.3 is 9.47 Å². The first-order chi connectivity index (χ1) is 8.81. The molecule has 1 rings (SSSR count). The SMILES string of the molecule is CCOC(=O)CC(=O)c1cccc(OC(C)(C)C)c1. The average molecular weight is 264 g/mol. The van der Waals surface area contributed by atoms with Gasteiger partial charge in [-0.3, -0.25) is 9.59 Å². The number of Topliss-reactive ketones (excluding diaryl/α,β-unsaturated/α-hetero) is 1. The number of ether oxygens (including phenoxy) is 2. The highest BCUT2D eigenvalue weighted by molar-refractivity contribution is 6.06. The summed E-state index contributed by atoms with van der Waals surface area (Å²) < 4.78 is 10.4. The first-order valence-corrected chi connectivity index (χ1v) is 6.29. The van der Waals surface area contributed by atoms with Crippen LogP contribution in [0.1, 0.15) is 44.5 Å². The van der Waals surface area contributed by atoms with E-state index in [1.807, 2.05) is 20.8 Å². The highest BCUT2D eigenvalue weighted by Gasteiger charge is 2.15. The van der Waals surface area contributed by atoms with Crippen LogP contribution in [0.5, 0.6) is 5.75 Å². The minimum atomic E-state index is -0.505. The van der Waals surface area contributed by atoms with Crippen LogP contribution in [0, 0.1) is 0 Å². The van der Waals surface area contributed by atoms with E-state index in [1.165, 1.54) is 0 Å². The van der Waals surface area contributed by atoms with Crippen molar-refractivity contribution in [2.45, 2.75) is 39.7 Å². The molecule has 0 saturated carbocycles. The maximum absolute atomic E-state index is 11.9. The average Bonchev–Trinajstić information content (AvgIpc) is 2.27. The highest BCUT2D eigenvalue weighted by Crippen LogP contribution is 2.20. The van der Waals surface area contributed by atoms with Gasteiger partial charge in [0.25, 0.3) is 0 Å². The van der Waals surface area contributed by atoms with E-state index in [4.69, 9.17) is 9.47 Å². The molecule has 0 amide bonds. The van der Waals surface area contributed by atoms with Gasteiger partial charge in [-0.1, -0.05) is 12.1 Å². The Morgan fingerprint density at radius 1 is 1.21 bits per heavy atom.